The number of hydrogen-bond donors (Lipinski definition) is 2. The highest BCUT2D eigenvalue weighted by atomic mass is 19.1. The molecule has 35 heavy (non-hydrogen) atoms. The zero-order valence-corrected chi connectivity index (χ0v) is 19.3. The topological polar surface area (TPSA) is 120 Å². The highest BCUT2D eigenvalue weighted by Crippen LogP contribution is 2.37. The quantitative estimate of drug-likeness (QED) is 0.197. The predicted octanol–water partition coefficient (Wildman–Crippen LogP) is 4.53. The molecule has 0 aliphatic carbocycles. The number of carbonyl (C=O) groups excluding carboxylic acids is 1. The molecule has 0 aliphatic heterocycles. The summed E-state index contributed by atoms with van der Waals surface area (Å²) >= 11 is 0. The Bertz CT molecular complexity index is 1250. The van der Waals surface area contributed by atoms with Crippen molar-refractivity contribution in [1.29, 1.82) is 0 Å². The SMILES string of the molecule is CCCOc1c(F)c(Oc2cccc(C(=O)N(C)C)c2)nc(Oc2cccc(C(N)=NO)c2)c1F. The molecule has 0 radical (unpaired) electrons. The number of oxime groups is 1. The summed E-state index contributed by atoms with van der Waals surface area (Å²) in [5, 5.41) is 11.8. The maximum Gasteiger partial charge on any atom is 0.263 e. The molecule has 0 saturated carbocycles. The van der Waals surface area contributed by atoms with Gasteiger partial charge < -0.3 is 30.1 Å². The van der Waals surface area contributed by atoms with Crippen molar-refractivity contribution < 1.29 is 33.0 Å². The van der Waals surface area contributed by atoms with Crippen molar-refractivity contribution in [1.82, 2.24) is 9.88 Å². The van der Waals surface area contributed by atoms with E-state index in [1.807, 2.05) is 0 Å². The standard InChI is InChI=1S/C24H24F2N4O5/c1-4-11-33-20-18(25)22(34-16-9-5-7-14(12-16)21(27)29-32)28-23(19(20)26)35-17-10-6-8-15(13-17)24(31)30(2)3/h5-10,12-13,32H,4,11H2,1-3H3,(H2,27,29). The van der Waals surface area contributed by atoms with Crippen LogP contribution in [0, 0.1) is 11.6 Å². The van der Waals surface area contributed by atoms with E-state index in [9.17, 15) is 4.79 Å². The van der Waals surface area contributed by atoms with Gasteiger partial charge in [0.1, 0.15) is 11.5 Å². The van der Waals surface area contributed by atoms with Gasteiger partial charge >= 0.3 is 0 Å². The summed E-state index contributed by atoms with van der Waals surface area (Å²) in [6.07, 6.45) is 0.490. The van der Waals surface area contributed by atoms with Gasteiger partial charge in [0.25, 0.3) is 17.7 Å². The van der Waals surface area contributed by atoms with Crippen LogP contribution in [0.5, 0.6) is 29.0 Å². The number of rotatable bonds is 9. The highest BCUT2D eigenvalue weighted by molar-refractivity contribution is 5.97. The molecule has 184 valence electrons. The largest absolute Gasteiger partial charge is 0.487 e. The molecule has 3 N–H and O–H groups in total. The van der Waals surface area contributed by atoms with E-state index in [2.05, 4.69) is 10.1 Å². The van der Waals surface area contributed by atoms with Gasteiger partial charge in [-0.05, 0) is 36.8 Å². The number of aromatic nitrogens is 1. The number of carbonyl (C=O) groups is 1. The third kappa shape index (κ3) is 5.94. The number of nitrogens with zero attached hydrogens (tertiary/aromatic N) is 3. The van der Waals surface area contributed by atoms with Crippen molar-refractivity contribution >= 4 is 11.7 Å². The second kappa shape index (κ2) is 11.1. The third-order valence-corrected chi connectivity index (χ3v) is 4.58. The molecular formula is C24H24F2N4O5. The molecule has 1 aromatic heterocycles. The van der Waals surface area contributed by atoms with Crippen molar-refractivity contribution in [2.75, 3.05) is 20.7 Å². The van der Waals surface area contributed by atoms with E-state index in [1.54, 1.807) is 39.2 Å². The zero-order chi connectivity index (χ0) is 25.5. The number of pyridine rings is 1. The van der Waals surface area contributed by atoms with Gasteiger partial charge in [-0.25, -0.2) is 0 Å². The first-order valence-electron chi connectivity index (χ1n) is 10.5. The maximum absolute atomic E-state index is 15.1. The normalized spacial score (nSPS) is 11.2. The van der Waals surface area contributed by atoms with Crippen LogP contribution in [0.3, 0.4) is 0 Å². The van der Waals surface area contributed by atoms with Gasteiger partial charge in [0.05, 0.1) is 6.61 Å². The fraction of sp³-hybridized carbons (Fsp3) is 0.208. The summed E-state index contributed by atoms with van der Waals surface area (Å²) in [6.45, 7) is 1.81. The molecule has 0 unspecified atom stereocenters. The van der Waals surface area contributed by atoms with Crippen LogP contribution in [0.2, 0.25) is 0 Å². The van der Waals surface area contributed by atoms with Crippen LogP contribution in [-0.4, -0.2) is 47.5 Å². The summed E-state index contributed by atoms with van der Waals surface area (Å²) in [7, 11) is 3.18. The summed E-state index contributed by atoms with van der Waals surface area (Å²) < 4.78 is 46.6. The molecule has 0 aliphatic rings. The van der Waals surface area contributed by atoms with Crippen LogP contribution in [0.4, 0.5) is 8.78 Å². The van der Waals surface area contributed by atoms with E-state index in [1.165, 1.54) is 35.2 Å². The van der Waals surface area contributed by atoms with Gasteiger partial charge in [-0.15, -0.1) is 0 Å². The van der Waals surface area contributed by atoms with Gasteiger partial charge in [-0.1, -0.05) is 30.3 Å². The molecule has 0 bridgehead atoms. The van der Waals surface area contributed by atoms with Crippen molar-refractivity contribution in [2.45, 2.75) is 13.3 Å². The predicted molar refractivity (Wildman–Crippen MR) is 123 cm³/mol. The lowest BCUT2D eigenvalue weighted by molar-refractivity contribution is 0.0827. The Balaban J connectivity index is 2.02. The van der Waals surface area contributed by atoms with Crippen molar-refractivity contribution in [2.24, 2.45) is 10.9 Å². The second-order valence-corrected chi connectivity index (χ2v) is 7.47. The van der Waals surface area contributed by atoms with E-state index in [0.29, 0.717) is 17.5 Å². The molecule has 11 heteroatoms. The third-order valence-electron chi connectivity index (χ3n) is 4.58. The fourth-order valence-corrected chi connectivity index (χ4v) is 2.90. The number of benzene rings is 2. The molecule has 0 spiro atoms. The fourth-order valence-electron chi connectivity index (χ4n) is 2.90. The number of amides is 1. The molecule has 3 aromatic rings. The number of halogens is 2. The minimum absolute atomic E-state index is 0.0303. The van der Waals surface area contributed by atoms with Crippen molar-refractivity contribution in [3.63, 3.8) is 0 Å². The van der Waals surface area contributed by atoms with Crippen LogP contribution in [0.15, 0.2) is 53.7 Å². The Hall–Kier alpha value is -4.41. The van der Waals surface area contributed by atoms with Crippen molar-refractivity contribution in [3.05, 3.63) is 71.3 Å². The minimum atomic E-state index is -1.17. The number of nitrogens with two attached hydrogens (primary N) is 1. The molecule has 0 atom stereocenters. The van der Waals surface area contributed by atoms with Gasteiger partial charge in [0, 0.05) is 25.2 Å². The Morgan fingerprint density at radius 2 is 1.57 bits per heavy atom. The first kappa shape index (κ1) is 25.2. The van der Waals surface area contributed by atoms with Crippen LogP contribution in [0.1, 0.15) is 29.3 Å². The number of amidine groups is 1. The highest BCUT2D eigenvalue weighted by Gasteiger charge is 2.25. The lowest BCUT2D eigenvalue weighted by Gasteiger charge is -2.15. The maximum atomic E-state index is 15.1. The van der Waals surface area contributed by atoms with Gasteiger partial charge in [-0.3, -0.25) is 4.79 Å². The zero-order valence-electron chi connectivity index (χ0n) is 19.3. The Kier molecular flexibility index (Phi) is 8.03. The average Bonchev–Trinajstić information content (AvgIpc) is 2.86. The lowest BCUT2D eigenvalue weighted by Crippen LogP contribution is -2.21. The van der Waals surface area contributed by atoms with E-state index in [0.717, 1.165) is 0 Å². The van der Waals surface area contributed by atoms with Crippen LogP contribution in [0.25, 0.3) is 0 Å². The Morgan fingerprint density at radius 1 is 1.03 bits per heavy atom. The summed E-state index contributed by atoms with van der Waals surface area (Å²) in [6, 6.07) is 11.9. The number of ether oxygens (including phenoxy) is 3. The summed E-state index contributed by atoms with van der Waals surface area (Å²) in [5.41, 5.74) is 6.19. The summed E-state index contributed by atoms with van der Waals surface area (Å²) in [4.78, 5) is 17.5. The monoisotopic (exact) mass is 486 g/mol. The Labute approximate surface area is 200 Å². The molecule has 0 saturated heterocycles. The minimum Gasteiger partial charge on any atom is -0.487 e. The number of hydrogen-bond acceptors (Lipinski definition) is 7. The van der Waals surface area contributed by atoms with E-state index < -0.39 is 29.1 Å². The lowest BCUT2D eigenvalue weighted by atomic mass is 10.2. The molecule has 1 heterocycles. The van der Waals surface area contributed by atoms with Crippen LogP contribution in [-0.2, 0) is 0 Å². The van der Waals surface area contributed by atoms with Crippen molar-refractivity contribution in [3.8, 4) is 29.0 Å². The van der Waals surface area contributed by atoms with E-state index in [-0.39, 0.29) is 29.8 Å². The van der Waals surface area contributed by atoms with Crippen LogP contribution < -0.4 is 19.9 Å². The molecule has 9 nitrogen and oxygen atoms in total. The van der Waals surface area contributed by atoms with E-state index >= 15 is 8.78 Å². The molecule has 0 fully saturated rings. The molecular weight excluding hydrogens is 462 g/mol. The van der Waals surface area contributed by atoms with Crippen LogP contribution >= 0.6 is 0 Å². The van der Waals surface area contributed by atoms with Gasteiger partial charge in [-0.2, -0.15) is 13.8 Å². The van der Waals surface area contributed by atoms with Gasteiger partial charge in [0.2, 0.25) is 17.4 Å². The Morgan fingerprint density at radius 3 is 2.09 bits per heavy atom. The first-order valence-corrected chi connectivity index (χ1v) is 10.5. The smallest absolute Gasteiger partial charge is 0.263 e. The molecule has 3 rings (SSSR count). The first-order chi connectivity index (χ1) is 16.7. The second-order valence-electron chi connectivity index (χ2n) is 7.47. The average molecular weight is 486 g/mol. The van der Waals surface area contributed by atoms with E-state index in [4.69, 9.17) is 25.2 Å². The van der Waals surface area contributed by atoms with Gasteiger partial charge in [0.15, 0.2) is 5.84 Å². The molecule has 1 amide bonds. The summed E-state index contributed by atoms with van der Waals surface area (Å²) in [5.74, 6) is -4.60. The molecule has 2 aromatic carbocycles.